The molecule has 2 atom stereocenters. The highest BCUT2D eigenvalue weighted by molar-refractivity contribution is 7.99. The molecule has 1 heterocycles. The van der Waals surface area contributed by atoms with Crippen molar-refractivity contribution in [2.45, 2.75) is 45.4 Å². The van der Waals surface area contributed by atoms with E-state index in [-0.39, 0.29) is 12.1 Å². The zero-order valence-corrected chi connectivity index (χ0v) is 12.8. The van der Waals surface area contributed by atoms with Crippen molar-refractivity contribution >= 4 is 23.8 Å². The van der Waals surface area contributed by atoms with E-state index in [0.717, 1.165) is 5.75 Å². The Kier molecular flexibility index (Phi) is 5.49. The second-order valence-electron chi connectivity index (χ2n) is 5.64. The average molecular weight is 289 g/mol. The first-order chi connectivity index (χ1) is 8.70. The molecule has 0 aromatic rings. The lowest BCUT2D eigenvalue weighted by Gasteiger charge is -2.28. The van der Waals surface area contributed by atoms with E-state index < -0.39 is 17.6 Å². The number of nitrogens with two attached hydrogens (primary N) is 1. The molecule has 110 valence electrons. The van der Waals surface area contributed by atoms with Crippen molar-refractivity contribution in [2.24, 2.45) is 5.73 Å². The summed E-state index contributed by atoms with van der Waals surface area (Å²) in [4.78, 5) is 24.7. The summed E-state index contributed by atoms with van der Waals surface area (Å²) in [7, 11) is 0. The molecule has 6 nitrogen and oxygen atoms in total. The molecular formula is C12H23N3O3S. The lowest BCUT2D eigenvalue weighted by molar-refractivity contribution is -0.119. The Bertz CT molecular complexity index is 344. The van der Waals surface area contributed by atoms with Crippen LogP contribution >= 0.6 is 11.8 Å². The fraction of sp³-hybridized carbons (Fsp3) is 0.833. The maximum atomic E-state index is 12.0. The number of nitrogens with zero attached hydrogens (tertiary/aromatic N) is 1. The largest absolute Gasteiger partial charge is 0.444 e. The zero-order valence-electron chi connectivity index (χ0n) is 11.9. The molecule has 0 saturated carbocycles. The van der Waals surface area contributed by atoms with Crippen LogP contribution in [0.4, 0.5) is 4.79 Å². The molecule has 0 aromatic heterocycles. The fourth-order valence-electron chi connectivity index (χ4n) is 1.59. The number of primary amides is 1. The van der Waals surface area contributed by atoms with Crippen LogP contribution in [-0.4, -0.2) is 52.8 Å². The van der Waals surface area contributed by atoms with E-state index in [4.69, 9.17) is 10.5 Å². The normalized spacial score (nSPS) is 21.3. The van der Waals surface area contributed by atoms with Gasteiger partial charge in [-0.05, 0) is 27.7 Å². The first kappa shape index (κ1) is 16.1. The summed E-state index contributed by atoms with van der Waals surface area (Å²) in [6.45, 7) is 7.78. The number of amides is 2. The monoisotopic (exact) mass is 289 g/mol. The van der Waals surface area contributed by atoms with Gasteiger partial charge in [-0.1, -0.05) is 0 Å². The molecule has 0 bridgehead atoms. The molecule has 1 fully saturated rings. The third-order valence-corrected chi connectivity index (χ3v) is 3.78. The molecule has 3 N–H and O–H groups in total. The van der Waals surface area contributed by atoms with Gasteiger partial charge in [-0.25, -0.2) is 4.79 Å². The average Bonchev–Trinajstić information content (AvgIpc) is 2.71. The number of thioether (sulfide) groups is 1. The predicted molar refractivity (Wildman–Crippen MR) is 75.8 cm³/mol. The molecule has 0 aliphatic carbocycles. The highest BCUT2D eigenvalue weighted by Crippen LogP contribution is 2.23. The van der Waals surface area contributed by atoms with Crippen molar-refractivity contribution in [1.82, 2.24) is 10.2 Å². The van der Waals surface area contributed by atoms with Crippen LogP contribution in [0.25, 0.3) is 0 Å². The number of rotatable bonds is 4. The van der Waals surface area contributed by atoms with Crippen LogP contribution in [0.1, 0.15) is 27.7 Å². The van der Waals surface area contributed by atoms with E-state index in [1.807, 2.05) is 20.8 Å². The van der Waals surface area contributed by atoms with Crippen LogP contribution in [0.5, 0.6) is 0 Å². The minimum Gasteiger partial charge on any atom is -0.444 e. The highest BCUT2D eigenvalue weighted by Gasteiger charge is 2.32. The van der Waals surface area contributed by atoms with Crippen LogP contribution in [-0.2, 0) is 9.53 Å². The first-order valence-corrected chi connectivity index (χ1v) is 7.46. The second-order valence-corrected chi connectivity index (χ2v) is 6.64. The van der Waals surface area contributed by atoms with E-state index in [1.165, 1.54) is 0 Å². The molecule has 7 heteroatoms. The molecule has 1 aliphatic rings. The molecule has 0 aromatic carbocycles. The van der Waals surface area contributed by atoms with Gasteiger partial charge in [0, 0.05) is 12.3 Å². The van der Waals surface area contributed by atoms with Gasteiger partial charge < -0.3 is 15.8 Å². The van der Waals surface area contributed by atoms with Gasteiger partial charge in [0.2, 0.25) is 5.91 Å². The minimum absolute atomic E-state index is 0.0293. The SMILES string of the molecule is CC(NC[C@@H]1CSCN1C(=O)OC(C)(C)C)C(N)=O. The van der Waals surface area contributed by atoms with Crippen LogP contribution in [0.2, 0.25) is 0 Å². The summed E-state index contributed by atoms with van der Waals surface area (Å²) in [5, 5.41) is 3.03. The van der Waals surface area contributed by atoms with Crippen LogP contribution < -0.4 is 11.1 Å². The van der Waals surface area contributed by atoms with Crippen molar-refractivity contribution in [3.8, 4) is 0 Å². The Morgan fingerprint density at radius 2 is 2.16 bits per heavy atom. The van der Waals surface area contributed by atoms with Gasteiger partial charge in [0.05, 0.1) is 18.0 Å². The summed E-state index contributed by atoms with van der Waals surface area (Å²) < 4.78 is 5.36. The van der Waals surface area contributed by atoms with Gasteiger partial charge in [0.15, 0.2) is 0 Å². The minimum atomic E-state index is -0.497. The molecule has 1 rings (SSSR count). The highest BCUT2D eigenvalue weighted by atomic mass is 32.2. The van der Waals surface area contributed by atoms with Gasteiger partial charge in [-0.15, -0.1) is 11.8 Å². The number of ether oxygens (including phenoxy) is 1. The first-order valence-electron chi connectivity index (χ1n) is 6.31. The molecule has 1 saturated heterocycles. The van der Waals surface area contributed by atoms with Crippen LogP contribution in [0.3, 0.4) is 0 Å². The third-order valence-electron chi connectivity index (χ3n) is 2.70. The van der Waals surface area contributed by atoms with Crippen molar-refractivity contribution in [1.29, 1.82) is 0 Å². The van der Waals surface area contributed by atoms with Crippen molar-refractivity contribution < 1.29 is 14.3 Å². The zero-order chi connectivity index (χ0) is 14.6. The Balaban J connectivity index is 2.50. The molecule has 0 radical (unpaired) electrons. The maximum Gasteiger partial charge on any atom is 0.411 e. The maximum absolute atomic E-state index is 12.0. The van der Waals surface area contributed by atoms with Crippen LogP contribution in [0.15, 0.2) is 0 Å². The van der Waals surface area contributed by atoms with E-state index in [0.29, 0.717) is 12.4 Å². The smallest absolute Gasteiger partial charge is 0.411 e. The summed E-state index contributed by atoms with van der Waals surface area (Å²) >= 11 is 1.67. The number of hydrogen-bond donors (Lipinski definition) is 2. The molecular weight excluding hydrogens is 266 g/mol. The van der Waals surface area contributed by atoms with Crippen molar-refractivity contribution in [2.75, 3.05) is 18.2 Å². The van der Waals surface area contributed by atoms with Gasteiger partial charge in [-0.3, -0.25) is 9.69 Å². The molecule has 0 spiro atoms. The van der Waals surface area contributed by atoms with Gasteiger partial charge in [0.1, 0.15) is 5.60 Å². The van der Waals surface area contributed by atoms with Crippen molar-refractivity contribution in [3.63, 3.8) is 0 Å². The van der Waals surface area contributed by atoms with E-state index >= 15 is 0 Å². The molecule has 19 heavy (non-hydrogen) atoms. The van der Waals surface area contributed by atoms with Crippen LogP contribution in [0, 0.1) is 0 Å². The number of carbonyl (C=O) groups excluding carboxylic acids is 2. The quantitative estimate of drug-likeness (QED) is 0.798. The Labute approximate surface area is 118 Å². The fourth-order valence-corrected chi connectivity index (χ4v) is 2.78. The Morgan fingerprint density at radius 3 is 2.68 bits per heavy atom. The number of hydrogen-bond acceptors (Lipinski definition) is 5. The van der Waals surface area contributed by atoms with E-state index in [9.17, 15) is 9.59 Å². The predicted octanol–water partition coefficient (Wildman–Crippen LogP) is 0.760. The lowest BCUT2D eigenvalue weighted by Crippen LogP contribution is -2.49. The summed E-state index contributed by atoms with van der Waals surface area (Å²) in [6, 6.07) is -0.368. The lowest BCUT2D eigenvalue weighted by atomic mass is 10.2. The summed E-state index contributed by atoms with van der Waals surface area (Å²) in [6.07, 6.45) is -0.309. The van der Waals surface area contributed by atoms with Crippen molar-refractivity contribution in [3.05, 3.63) is 0 Å². The van der Waals surface area contributed by atoms with Gasteiger partial charge >= 0.3 is 6.09 Å². The van der Waals surface area contributed by atoms with E-state index in [1.54, 1.807) is 23.6 Å². The number of nitrogens with one attached hydrogen (secondary N) is 1. The number of carbonyl (C=O) groups is 2. The standard InChI is InChI=1S/C12H23N3O3S/c1-8(10(13)16)14-5-9-6-19-7-15(9)11(17)18-12(2,3)4/h8-9,14H,5-7H2,1-4H3,(H2,13,16)/t8?,9-/m1/s1. The summed E-state index contributed by atoms with van der Waals surface area (Å²) in [5.41, 5.74) is 4.69. The topological polar surface area (TPSA) is 84.7 Å². The second kappa shape index (κ2) is 6.47. The van der Waals surface area contributed by atoms with Gasteiger partial charge in [0.25, 0.3) is 0 Å². The third kappa shape index (κ3) is 5.28. The molecule has 1 aliphatic heterocycles. The molecule has 1 unspecified atom stereocenters. The van der Waals surface area contributed by atoms with Gasteiger partial charge in [-0.2, -0.15) is 0 Å². The molecule has 2 amide bonds. The Hall–Kier alpha value is -0.950. The Morgan fingerprint density at radius 1 is 1.53 bits per heavy atom. The van der Waals surface area contributed by atoms with E-state index in [2.05, 4.69) is 5.32 Å². The summed E-state index contributed by atoms with van der Waals surface area (Å²) in [5.74, 6) is 1.05.